The Morgan fingerprint density at radius 1 is 1.33 bits per heavy atom. The van der Waals surface area contributed by atoms with Crippen LogP contribution in [0.4, 0.5) is 5.69 Å². The minimum absolute atomic E-state index is 0.0758. The molecule has 6 nitrogen and oxygen atoms in total. The molecule has 3 N–H and O–H groups in total. The Balaban J connectivity index is 1.97. The van der Waals surface area contributed by atoms with E-state index in [-0.39, 0.29) is 5.91 Å². The Morgan fingerprint density at radius 3 is 2.90 bits per heavy atom. The highest BCUT2D eigenvalue weighted by atomic mass is 16.1. The molecule has 0 atom stereocenters. The van der Waals surface area contributed by atoms with Crippen molar-refractivity contribution >= 4 is 11.6 Å². The largest absolute Gasteiger partial charge is 0.384 e. The summed E-state index contributed by atoms with van der Waals surface area (Å²) in [5.41, 5.74) is 2.69. The molecule has 0 aliphatic carbocycles. The van der Waals surface area contributed by atoms with Crippen LogP contribution < -0.4 is 10.6 Å². The molecule has 1 amide bonds. The van der Waals surface area contributed by atoms with Gasteiger partial charge in [-0.05, 0) is 31.0 Å². The summed E-state index contributed by atoms with van der Waals surface area (Å²) in [4.78, 5) is 16.3. The maximum atomic E-state index is 12.3. The molecule has 0 saturated heterocycles. The van der Waals surface area contributed by atoms with Crippen LogP contribution >= 0.6 is 0 Å². The number of anilines is 1. The minimum atomic E-state index is -0.0758. The van der Waals surface area contributed by atoms with E-state index in [0.29, 0.717) is 18.5 Å². The smallest absolute Gasteiger partial charge is 0.253 e. The molecule has 112 valence electrons. The van der Waals surface area contributed by atoms with Crippen LogP contribution in [0, 0.1) is 6.92 Å². The van der Waals surface area contributed by atoms with Crippen molar-refractivity contribution in [2.75, 3.05) is 18.4 Å². The van der Waals surface area contributed by atoms with Gasteiger partial charge in [-0.3, -0.25) is 9.89 Å². The molecule has 0 aliphatic rings. The first-order valence-electron chi connectivity index (χ1n) is 7.17. The number of nitrogens with zero attached hydrogens (tertiary/aromatic N) is 2. The lowest BCUT2D eigenvalue weighted by Crippen LogP contribution is -2.27. The molecule has 0 fully saturated rings. The van der Waals surface area contributed by atoms with Gasteiger partial charge in [0, 0.05) is 25.2 Å². The molecule has 0 spiro atoms. The molecule has 0 bridgehead atoms. The van der Waals surface area contributed by atoms with Crippen molar-refractivity contribution in [2.45, 2.75) is 26.7 Å². The molecule has 6 heteroatoms. The van der Waals surface area contributed by atoms with Gasteiger partial charge in [0.1, 0.15) is 12.2 Å². The highest BCUT2D eigenvalue weighted by molar-refractivity contribution is 5.99. The maximum Gasteiger partial charge on any atom is 0.253 e. The van der Waals surface area contributed by atoms with Crippen molar-refractivity contribution in [3.05, 3.63) is 41.5 Å². The van der Waals surface area contributed by atoms with Gasteiger partial charge < -0.3 is 10.6 Å². The maximum absolute atomic E-state index is 12.3. The Hall–Kier alpha value is -2.37. The van der Waals surface area contributed by atoms with Crippen LogP contribution in [0.1, 0.15) is 35.1 Å². The Kier molecular flexibility index (Phi) is 5.31. The van der Waals surface area contributed by atoms with Crippen molar-refractivity contribution in [1.29, 1.82) is 0 Å². The summed E-state index contributed by atoms with van der Waals surface area (Å²) >= 11 is 0. The third-order valence-electron chi connectivity index (χ3n) is 3.10. The fraction of sp³-hybridized carbons (Fsp3) is 0.400. The van der Waals surface area contributed by atoms with Crippen molar-refractivity contribution in [3.8, 4) is 0 Å². The quantitative estimate of drug-likeness (QED) is 0.726. The molecule has 1 aromatic heterocycles. The van der Waals surface area contributed by atoms with Gasteiger partial charge in [0.15, 0.2) is 0 Å². The Labute approximate surface area is 124 Å². The van der Waals surface area contributed by atoms with Crippen LogP contribution in [0.15, 0.2) is 24.5 Å². The highest BCUT2D eigenvalue weighted by Gasteiger charge is 2.11. The van der Waals surface area contributed by atoms with Gasteiger partial charge in [-0.25, -0.2) is 4.98 Å². The summed E-state index contributed by atoms with van der Waals surface area (Å²) in [6.45, 7) is 5.49. The van der Waals surface area contributed by atoms with Crippen LogP contribution in [-0.2, 0) is 6.42 Å². The zero-order valence-corrected chi connectivity index (χ0v) is 12.4. The normalized spacial score (nSPS) is 10.4. The van der Waals surface area contributed by atoms with Crippen molar-refractivity contribution in [2.24, 2.45) is 0 Å². The number of benzene rings is 1. The van der Waals surface area contributed by atoms with Gasteiger partial charge in [0.25, 0.3) is 5.91 Å². The van der Waals surface area contributed by atoms with Crippen LogP contribution in [0.2, 0.25) is 0 Å². The second kappa shape index (κ2) is 7.42. The first-order valence-corrected chi connectivity index (χ1v) is 7.17. The SMILES string of the molecule is CCCNc1cc(C)ccc1C(=O)NCCc1ncn[nH]1. The van der Waals surface area contributed by atoms with E-state index in [1.54, 1.807) is 0 Å². The van der Waals surface area contributed by atoms with Crippen molar-refractivity contribution in [1.82, 2.24) is 20.5 Å². The highest BCUT2D eigenvalue weighted by Crippen LogP contribution is 2.17. The number of carbonyl (C=O) groups excluding carboxylic acids is 1. The van der Waals surface area contributed by atoms with E-state index in [2.05, 4.69) is 32.7 Å². The van der Waals surface area contributed by atoms with Crippen LogP contribution in [0.5, 0.6) is 0 Å². The third kappa shape index (κ3) is 4.30. The van der Waals surface area contributed by atoms with E-state index >= 15 is 0 Å². The monoisotopic (exact) mass is 287 g/mol. The fourth-order valence-electron chi connectivity index (χ4n) is 2.00. The summed E-state index contributed by atoms with van der Waals surface area (Å²) in [6.07, 6.45) is 3.11. The predicted octanol–water partition coefficient (Wildman–Crippen LogP) is 1.91. The lowest BCUT2D eigenvalue weighted by atomic mass is 10.1. The lowest BCUT2D eigenvalue weighted by Gasteiger charge is -2.12. The number of nitrogens with one attached hydrogen (secondary N) is 3. The molecular weight excluding hydrogens is 266 g/mol. The zero-order chi connectivity index (χ0) is 15.1. The lowest BCUT2D eigenvalue weighted by molar-refractivity contribution is 0.0955. The average molecular weight is 287 g/mol. The predicted molar refractivity (Wildman–Crippen MR) is 82.4 cm³/mol. The second-order valence-electron chi connectivity index (χ2n) is 4.91. The number of carbonyl (C=O) groups is 1. The van der Waals surface area contributed by atoms with E-state index in [9.17, 15) is 4.79 Å². The van der Waals surface area contributed by atoms with E-state index in [1.807, 2.05) is 25.1 Å². The van der Waals surface area contributed by atoms with E-state index in [0.717, 1.165) is 30.0 Å². The zero-order valence-electron chi connectivity index (χ0n) is 12.4. The van der Waals surface area contributed by atoms with Gasteiger partial charge >= 0.3 is 0 Å². The van der Waals surface area contributed by atoms with Crippen molar-refractivity contribution in [3.63, 3.8) is 0 Å². The van der Waals surface area contributed by atoms with Crippen LogP contribution in [-0.4, -0.2) is 34.2 Å². The molecule has 0 aliphatic heterocycles. The van der Waals surface area contributed by atoms with Crippen LogP contribution in [0.3, 0.4) is 0 Å². The molecule has 2 aromatic rings. The minimum Gasteiger partial charge on any atom is -0.384 e. The van der Waals surface area contributed by atoms with E-state index < -0.39 is 0 Å². The first-order chi connectivity index (χ1) is 10.2. The molecule has 0 unspecified atom stereocenters. The summed E-state index contributed by atoms with van der Waals surface area (Å²) in [5.74, 6) is 0.691. The number of H-pyrrole nitrogens is 1. The number of hydrogen-bond acceptors (Lipinski definition) is 4. The molecule has 2 rings (SSSR count). The molecular formula is C15H21N5O. The number of aromatic nitrogens is 3. The molecule has 0 saturated carbocycles. The fourth-order valence-corrected chi connectivity index (χ4v) is 2.00. The summed E-state index contributed by atoms with van der Waals surface area (Å²) in [5, 5.41) is 12.8. The molecule has 21 heavy (non-hydrogen) atoms. The molecule has 1 aromatic carbocycles. The van der Waals surface area contributed by atoms with Crippen LogP contribution in [0.25, 0.3) is 0 Å². The van der Waals surface area contributed by atoms with Gasteiger partial charge in [0.05, 0.1) is 5.56 Å². The topological polar surface area (TPSA) is 82.7 Å². The average Bonchev–Trinajstić information content (AvgIpc) is 2.98. The number of aromatic amines is 1. The van der Waals surface area contributed by atoms with E-state index in [1.165, 1.54) is 6.33 Å². The number of hydrogen-bond donors (Lipinski definition) is 3. The van der Waals surface area contributed by atoms with Gasteiger partial charge in [-0.2, -0.15) is 5.10 Å². The second-order valence-corrected chi connectivity index (χ2v) is 4.91. The van der Waals surface area contributed by atoms with Crippen molar-refractivity contribution < 1.29 is 4.79 Å². The van der Waals surface area contributed by atoms with Gasteiger partial charge in [-0.1, -0.05) is 13.0 Å². The number of aryl methyl sites for hydroxylation is 1. The summed E-state index contributed by atoms with van der Waals surface area (Å²) in [7, 11) is 0. The standard InChI is InChI=1S/C15H21N5O/c1-3-7-16-13-9-11(2)4-5-12(13)15(21)17-8-6-14-18-10-19-20-14/h4-5,9-10,16H,3,6-8H2,1-2H3,(H,17,21)(H,18,19,20). The van der Waals surface area contributed by atoms with Gasteiger partial charge in [0.2, 0.25) is 0 Å². The summed E-state index contributed by atoms with van der Waals surface area (Å²) < 4.78 is 0. The molecule has 0 radical (unpaired) electrons. The number of rotatable bonds is 7. The summed E-state index contributed by atoms with van der Waals surface area (Å²) in [6, 6.07) is 5.81. The Morgan fingerprint density at radius 2 is 2.19 bits per heavy atom. The molecule has 1 heterocycles. The Bertz CT molecular complexity index is 580. The third-order valence-corrected chi connectivity index (χ3v) is 3.10. The first kappa shape index (κ1) is 15.0. The van der Waals surface area contributed by atoms with Gasteiger partial charge in [-0.15, -0.1) is 0 Å². The number of amides is 1. The van der Waals surface area contributed by atoms with E-state index in [4.69, 9.17) is 0 Å².